The number of nitrogens with zero attached hydrogens (tertiary/aromatic N) is 1. The second-order valence-corrected chi connectivity index (χ2v) is 5.71. The molecule has 90 valence electrons. The van der Waals surface area contributed by atoms with Gasteiger partial charge in [-0.2, -0.15) is 0 Å². The smallest absolute Gasteiger partial charge is 0.139 e. The van der Waals surface area contributed by atoms with E-state index in [9.17, 15) is 4.39 Å². The summed E-state index contributed by atoms with van der Waals surface area (Å²) in [6.45, 7) is 0. The van der Waals surface area contributed by atoms with Gasteiger partial charge in [0.15, 0.2) is 0 Å². The van der Waals surface area contributed by atoms with Gasteiger partial charge in [0.05, 0.1) is 15.5 Å². The zero-order valence-electron chi connectivity index (χ0n) is 9.26. The van der Waals surface area contributed by atoms with E-state index >= 15 is 0 Å². The van der Waals surface area contributed by atoms with Gasteiger partial charge in [0.1, 0.15) is 11.6 Å². The normalized spacial score (nSPS) is 18.3. The van der Waals surface area contributed by atoms with Gasteiger partial charge in [0.2, 0.25) is 0 Å². The topological polar surface area (TPSA) is 54.7 Å². The number of imidazole rings is 1. The van der Waals surface area contributed by atoms with Crippen molar-refractivity contribution in [3.05, 3.63) is 28.2 Å². The Morgan fingerprint density at radius 2 is 2.24 bits per heavy atom. The number of benzene rings is 1. The average Bonchev–Trinajstić information content (AvgIpc) is 2.58. The van der Waals surface area contributed by atoms with E-state index in [1.165, 1.54) is 12.5 Å². The first-order valence-electron chi connectivity index (χ1n) is 5.68. The number of nitrogens with one attached hydrogen (secondary N) is 1. The van der Waals surface area contributed by atoms with E-state index in [1.807, 2.05) is 0 Å². The van der Waals surface area contributed by atoms with Gasteiger partial charge in [0, 0.05) is 18.0 Å². The summed E-state index contributed by atoms with van der Waals surface area (Å²) in [4.78, 5) is 7.59. The third-order valence-electron chi connectivity index (χ3n) is 3.44. The van der Waals surface area contributed by atoms with Crippen molar-refractivity contribution in [2.45, 2.75) is 31.2 Å². The van der Waals surface area contributed by atoms with E-state index in [0.29, 0.717) is 4.47 Å². The number of hydrogen-bond acceptors (Lipinski definition) is 2. The summed E-state index contributed by atoms with van der Waals surface area (Å²) >= 11 is 3.16. The Morgan fingerprint density at radius 3 is 2.88 bits per heavy atom. The summed E-state index contributed by atoms with van der Waals surface area (Å²) in [5, 5.41) is 0. The largest absolute Gasteiger partial charge is 0.342 e. The minimum atomic E-state index is -0.279. The number of H-pyrrole nitrogens is 1. The molecule has 5 heteroatoms. The lowest BCUT2D eigenvalue weighted by Gasteiger charge is -2.37. The molecule has 1 saturated carbocycles. The molecule has 1 fully saturated rings. The minimum Gasteiger partial charge on any atom is -0.342 e. The zero-order valence-corrected chi connectivity index (χ0v) is 10.8. The van der Waals surface area contributed by atoms with Crippen LogP contribution in [-0.4, -0.2) is 15.5 Å². The Bertz CT molecular complexity index is 535. The second-order valence-electron chi connectivity index (χ2n) is 4.86. The van der Waals surface area contributed by atoms with E-state index in [-0.39, 0.29) is 11.4 Å². The van der Waals surface area contributed by atoms with Gasteiger partial charge in [-0.25, -0.2) is 9.37 Å². The molecule has 0 radical (unpaired) electrons. The van der Waals surface area contributed by atoms with Crippen LogP contribution >= 0.6 is 15.9 Å². The SMILES string of the molecule is NC1(Cc2nc3cc(Br)c(F)cc3[nH]2)CCC1. The molecule has 0 spiro atoms. The molecule has 0 saturated heterocycles. The van der Waals surface area contributed by atoms with Gasteiger partial charge < -0.3 is 10.7 Å². The lowest BCUT2D eigenvalue weighted by molar-refractivity contribution is 0.244. The molecule has 3 nitrogen and oxygen atoms in total. The molecule has 1 heterocycles. The molecule has 0 atom stereocenters. The van der Waals surface area contributed by atoms with Crippen molar-refractivity contribution in [2.75, 3.05) is 0 Å². The van der Waals surface area contributed by atoms with Crippen LogP contribution in [0.15, 0.2) is 16.6 Å². The van der Waals surface area contributed by atoms with Crippen molar-refractivity contribution < 1.29 is 4.39 Å². The van der Waals surface area contributed by atoms with Crippen LogP contribution in [0.3, 0.4) is 0 Å². The van der Waals surface area contributed by atoms with Gasteiger partial charge in [0.25, 0.3) is 0 Å². The number of fused-ring (bicyclic) bond motifs is 1. The highest BCUT2D eigenvalue weighted by Crippen LogP contribution is 2.32. The molecule has 17 heavy (non-hydrogen) atoms. The number of hydrogen-bond donors (Lipinski definition) is 2. The van der Waals surface area contributed by atoms with Crippen molar-refractivity contribution in [3.63, 3.8) is 0 Å². The molecule has 1 aromatic carbocycles. The van der Waals surface area contributed by atoms with E-state index in [0.717, 1.165) is 36.1 Å². The molecule has 3 N–H and O–H groups in total. The van der Waals surface area contributed by atoms with Crippen molar-refractivity contribution >= 4 is 27.0 Å². The Labute approximate surface area is 107 Å². The van der Waals surface area contributed by atoms with Crippen molar-refractivity contribution in [1.82, 2.24) is 9.97 Å². The molecule has 0 aliphatic heterocycles. The fourth-order valence-electron chi connectivity index (χ4n) is 2.28. The molecular weight excluding hydrogens is 285 g/mol. The lowest BCUT2D eigenvalue weighted by Crippen LogP contribution is -2.48. The minimum absolute atomic E-state index is 0.107. The number of halogens is 2. The highest BCUT2D eigenvalue weighted by atomic mass is 79.9. The highest BCUT2D eigenvalue weighted by molar-refractivity contribution is 9.10. The van der Waals surface area contributed by atoms with Crippen LogP contribution in [0.25, 0.3) is 11.0 Å². The molecule has 1 aromatic heterocycles. The van der Waals surface area contributed by atoms with Crippen molar-refractivity contribution in [1.29, 1.82) is 0 Å². The third kappa shape index (κ3) is 1.98. The van der Waals surface area contributed by atoms with Crippen LogP contribution in [0.4, 0.5) is 4.39 Å². The first-order valence-corrected chi connectivity index (χ1v) is 6.48. The first kappa shape index (κ1) is 11.2. The van der Waals surface area contributed by atoms with E-state index < -0.39 is 0 Å². The molecule has 0 amide bonds. The van der Waals surface area contributed by atoms with Crippen LogP contribution < -0.4 is 5.73 Å². The summed E-state index contributed by atoms with van der Waals surface area (Å²) in [5.74, 6) is 0.568. The summed E-state index contributed by atoms with van der Waals surface area (Å²) in [7, 11) is 0. The monoisotopic (exact) mass is 297 g/mol. The molecule has 0 unspecified atom stereocenters. The zero-order chi connectivity index (χ0) is 12.0. The Hall–Kier alpha value is -0.940. The molecule has 1 aliphatic carbocycles. The molecule has 1 aliphatic rings. The van der Waals surface area contributed by atoms with Crippen LogP contribution in [0.5, 0.6) is 0 Å². The maximum absolute atomic E-state index is 13.4. The molecule has 0 bridgehead atoms. The van der Waals surface area contributed by atoms with Crippen LogP contribution in [0, 0.1) is 5.82 Å². The fraction of sp³-hybridized carbons (Fsp3) is 0.417. The number of nitrogens with two attached hydrogens (primary N) is 1. The van der Waals surface area contributed by atoms with Gasteiger partial charge >= 0.3 is 0 Å². The van der Waals surface area contributed by atoms with E-state index in [4.69, 9.17) is 5.73 Å². The predicted molar refractivity (Wildman–Crippen MR) is 68.2 cm³/mol. The number of aromatic nitrogens is 2. The quantitative estimate of drug-likeness (QED) is 0.895. The van der Waals surface area contributed by atoms with Gasteiger partial charge in [-0.15, -0.1) is 0 Å². The Balaban J connectivity index is 1.96. The lowest BCUT2D eigenvalue weighted by atomic mass is 9.75. The average molecular weight is 298 g/mol. The fourth-order valence-corrected chi connectivity index (χ4v) is 2.61. The second kappa shape index (κ2) is 3.78. The Kier molecular flexibility index (Phi) is 2.48. The third-order valence-corrected chi connectivity index (χ3v) is 4.05. The van der Waals surface area contributed by atoms with Gasteiger partial charge in [-0.05, 0) is 41.3 Å². The van der Waals surface area contributed by atoms with E-state index in [1.54, 1.807) is 6.07 Å². The molecule has 2 aromatic rings. The van der Waals surface area contributed by atoms with Crippen molar-refractivity contribution in [3.8, 4) is 0 Å². The van der Waals surface area contributed by atoms with Crippen LogP contribution in [-0.2, 0) is 6.42 Å². The van der Waals surface area contributed by atoms with Gasteiger partial charge in [-0.3, -0.25) is 0 Å². The highest BCUT2D eigenvalue weighted by Gasteiger charge is 2.33. The summed E-state index contributed by atoms with van der Waals surface area (Å²) in [6.07, 6.45) is 4.02. The standard InChI is InChI=1S/C12H13BrFN3/c13-7-4-9-10(5-8(7)14)17-11(16-9)6-12(15)2-1-3-12/h4-5H,1-3,6,15H2,(H,16,17). The van der Waals surface area contributed by atoms with E-state index in [2.05, 4.69) is 25.9 Å². The Morgan fingerprint density at radius 1 is 1.47 bits per heavy atom. The number of rotatable bonds is 2. The summed E-state index contributed by atoms with van der Waals surface area (Å²) in [5.41, 5.74) is 7.57. The predicted octanol–water partition coefficient (Wildman–Crippen LogP) is 2.89. The summed E-state index contributed by atoms with van der Waals surface area (Å²) in [6, 6.07) is 3.15. The summed E-state index contributed by atoms with van der Waals surface area (Å²) < 4.78 is 13.8. The van der Waals surface area contributed by atoms with Crippen LogP contribution in [0.2, 0.25) is 0 Å². The molecular formula is C12H13BrFN3. The molecule has 3 rings (SSSR count). The van der Waals surface area contributed by atoms with Gasteiger partial charge in [-0.1, -0.05) is 0 Å². The number of aromatic amines is 1. The first-order chi connectivity index (χ1) is 8.06. The maximum atomic E-state index is 13.4. The van der Waals surface area contributed by atoms with Crippen molar-refractivity contribution in [2.24, 2.45) is 5.73 Å². The van der Waals surface area contributed by atoms with Crippen LogP contribution in [0.1, 0.15) is 25.1 Å². The maximum Gasteiger partial charge on any atom is 0.139 e.